The minimum Gasteiger partial charge on any atom is -0.423 e. The van der Waals surface area contributed by atoms with Gasteiger partial charge in [-0.1, -0.05) is 140 Å². The van der Waals surface area contributed by atoms with Crippen molar-refractivity contribution in [3.8, 4) is 23.0 Å². The van der Waals surface area contributed by atoms with E-state index in [4.69, 9.17) is 18.9 Å². The summed E-state index contributed by atoms with van der Waals surface area (Å²) in [5.41, 5.74) is 2.59. The highest BCUT2D eigenvalue weighted by atomic mass is 19.1. The van der Waals surface area contributed by atoms with Gasteiger partial charge in [-0.05, 0) is 133 Å². The molecular weight excluding hydrogens is 863 g/mol. The molecule has 0 radical (unpaired) electrons. The van der Waals surface area contributed by atoms with E-state index in [9.17, 15) is 19.2 Å². The summed E-state index contributed by atoms with van der Waals surface area (Å²) in [4.78, 5) is 51.8. The van der Waals surface area contributed by atoms with Gasteiger partial charge in [0.05, 0.1) is 22.3 Å². The first-order chi connectivity index (χ1) is 33.1. The van der Waals surface area contributed by atoms with E-state index in [1.54, 1.807) is 60.7 Å². The first-order valence-electron chi connectivity index (χ1n) is 24.3. The van der Waals surface area contributed by atoms with Crippen LogP contribution in [-0.4, -0.2) is 23.9 Å². The van der Waals surface area contributed by atoms with Gasteiger partial charge in [0.2, 0.25) is 0 Å². The maximum absolute atomic E-state index is 15.1. The van der Waals surface area contributed by atoms with E-state index in [-0.39, 0.29) is 45.3 Å². The van der Waals surface area contributed by atoms with Gasteiger partial charge in [0, 0.05) is 0 Å². The number of hydrogen-bond donors (Lipinski definition) is 0. The second-order valence-corrected chi connectivity index (χ2v) is 17.4. The van der Waals surface area contributed by atoms with Crippen LogP contribution in [0.25, 0.3) is 10.8 Å². The van der Waals surface area contributed by atoms with Crippen LogP contribution in [0.4, 0.5) is 8.78 Å². The Morgan fingerprint density at radius 2 is 0.691 bits per heavy atom. The first-order valence-corrected chi connectivity index (χ1v) is 24.3. The fourth-order valence-corrected chi connectivity index (χ4v) is 7.94. The fourth-order valence-electron chi connectivity index (χ4n) is 7.94. The molecule has 6 aromatic rings. The lowest BCUT2D eigenvalue weighted by atomic mass is 10.0. The van der Waals surface area contributed by atoms with Crippen molar-refractivity contribution in [3.05, 3.63) is 166 Å². The standard InChI is InChI=1S/C58H62F2O8/c1-3-5-7-9-11-13-15-17-19-41-21-25-44(26-22-41)55(61)67-53-35-31-46(39-51(53)59)57(63)65-49-33-29-43-30-34-50(38-48(43)37-49)66-58(64)47-32-36-54(52(60)40-47)68-56(62)45-27-23-42(24-28-45)20-18-16-14-12-10-8-6-4-2/h21-40H,3-20H2,1-2H3. The van der Waals surface area contributed by atoms with E-state index in [1.165, 1.54) is 114 Å². The number of carbonyl (C=O) groups is 4. The third kappa shape index (κ3) is 15.7. The van der Waals surface area contributed by atoms with Gasteiger partial charge in [-0.15, -0.1) is 0 Å². The molecule has 0 saturated heterocycles. The number of rotatable bonds is 26. The van der Waals surface area contributed by atoms with Gasteiger partial charge in [0.25, 0.3) is 0 Å². The Bertz CT molecular complexity index is 2430. The normalized spacial score (nSPS) is 11.1. The Morgan fingerprint density at radius 3 is 1.06 bits per heavy atom. The lowest BCUT2D eigenvalue weighted by molar-refractivity contribution is 0.0714. The molecule has 0 N–H and O–H groups in total. The monoisotopic (exact) mass is 924 g/mol. The topological polar surface area (TPSA) is 105 Å². The van der Waals surface area contributed by atoms with Gasteiger partial charge < -0.3 is 18.9 Å². The zero-order valence-corrected chi connectivity index (χ0v) is 39.3. The van der Waals surface area contributed by atoms with E-state index >= 15 is 8.78 Å². The number of hydrogen-bond acceptors (Lipinski definition) is 8. The summed E-state index contributed by atoms with van der Waals surface area (Å²) >= 11 is 0. The molecule has 0 fully saturated rings. The molecule has 0 bridgehead atoms. The van der Waals surface area contributed by atoms with Crippen LogP contribution in [0.15, 0.2) is 121 Å². The summed E-state index contributed by atoms with van der Waals surface area (Å²) in [5, 5.41) is 1.28. The van der Waals surface area contributed by atoms with E-state index in [2.05, 4.69) is 13.8 Å². The Kier molecular flexibility index (Phi) is 19.8. The van der Waals surface area contributed by atoms with Gasteiger partial charge >= 0.3 is 23.9 Å². The highest BCUT2D eigenvalue weighted by Crippen LogP contribution is 2.28. The molecule has 0 atom stereocenters. The molecule has 0 spiro atoms. The van der Waals surface area contributed by atoms with Crippen molar-refractivity contribution in [2.45, 2.75) is 129 Å². The van der Waals surface area contributed by atoms with E-state index in [0.29, 0.717) is 5.39 Å². The molecule has 0 unspecified atom stereocenters. The van der Waals surface area contributed by atoms with E-state index in [1.807, 2.05) is 24.3 Å². The molecule has 0 aliphatic carbocycles. The van der Waals surface area contributed by atoms with Crippen LogP contribution in [0, 0.1) is 11.6 Å². The average molecular weight is 925 g/mol. The summed E-state index contributed by atoms with van der Waals surface area (Å²) in [6, 6.07) is 30.7. The summed E-state index contributed by atoms with van der Waals surface area (Å²) in [5.74, 6) is -5.36. The lowest BCUT2D eigenvalue weighted by Crippen LogP contribution is -2.12. The van der Waals surface area contributed by atoms with Crippen LogP contribution in [-0.2, 0) is 12.8 Å². The molecule has 6 rings (SSSR count). The Morgan fingerprint density at radius 1 is 0.353 bits per heavy atom. The number of aryl methyl sites for hydroxylation is 2. The third-order valence-corrected chi connectivity index (χ3v) is 12.0. The Labute approximate surface area is 399 Å². The Balaban J connectivity index is 0.963. The first kappa shape index (κ1) is 50.7. The van der Waals surface area contributed by atoms with Gasteiger partial charge in [-0.3, -0.25) is 0 Å². The van der Waals surface area contributed by atoms with Crippen LogP contribution in [0.5, 0.6) is 23.0 Å². The molecule has 0 saturated carbocycles. The molecule has 8 nitrogen and oxygen atoms in total. The Hall–Kier alpha value is -6.68. The molecule has 0 aromatic heterocycles. The second-order valence-electron chi connectivity index (χ2n) is 17.4. The van der Waals surface area contributed by atoms with Crippen molar-refractivity contribution < 1.29 is 46.9 Å². The second kappa shape index (κ2) is 26.6. The third-order valence-electron chi connectivity index (χ3n) is 12.0. The number of esters is 4. The molecule has 0 heterocycles. The maximum Gasteiger partial charge on any atom is 0.343 e. The summed E-state index contributed by atoms with van der Waals surface area (Å²) in [7, 11) is 0. The summed E-state index contributed by atoms with van der Waals surface area (Å²) in [6.45, 7) is 4.44. The molecule has 6 aromatic carbocycles. The number of fused-ring (bicyclic) bond motifs is 1. The fraction of sp³-hybridized carbons (Fsp3) is 0.345. The predicted octanol–water partition coefficient (Wildman–Crippen LogP) is 15.4. The van der Waals surface area contributed by atoms with Crippen molar-refractivity contribution in [2.75, 3.05) is 0 Å². The smallest absolute Gasteiger partial charge is 0.343 e. The van der Waals surface area contributed by atoms with Crippen molar-refractivity contribution in [1.29, 1.82) is 0 Å². The highest BCUT2D eigenvalue weighted by molar-refractivity contribution is 5.95. The van der Waals surface area contributed by atoms with Crippen molar-refractivity contribution in [1.82, 2.24) is 0 Å². The van der Waals surface area contributed by atoms with Crippen molar-refractivity contribution in [3.63, 3.8) is 0 Å². The minimum absolute atomic E-state index is 0.110. The number of benzene rings is 6. The SMILES string of the molecule is CCCCCCCCCCc1ccc(C(=O)Oc2ccc(C(=O)Oc3ccc4ccc(OC(=O)c5ccc(OC(=O)c6ccc(CCCCCCCCCC)cc6)c(F)c5)cc4c3)cc2F)cc1. The molecule has 0 aliphatic rings. The largest absolute Gasteiger partial charge is 0.423 e. The van der Waals surface area contributed by atoms with Gasteiger partial charge in [0.15, 0.2) is 23.1 Å². The predicted molar refractivity (Wildman–Crippen MR) is 262 cm³/mol. The van der Waals surface area contributed by atoms with Gasteiger partial charge in [-0.25, -0.2) is 28.0 Å². The molecule has 0 aliphatic heterocycles. The molecular formula is C58H62F2O8. The lowest BCUT2D eigenvalue weighted by Gasteiger charge is -2.10. The van der Waals surface area contributed by atoms with Crippen molar-refractivity contribution in [2.24, 2.45) is 0 Å². The van der Waals surface area contributed by atoms with Crippen LogP contribution in [0.3, 0.4) is 0 Å². The van der Waals surface area contributed by atoms with Crippen LogP contribution in [0.2, 0.25) is 0 Å². The van der Waals surface area contributed by atoms with Crippen LogP contribution >= 0.6 is 0 Å². The van der Waals surface area contributed by atoms with E-state index < -0.39 is 35.5 Å². The quantitative estimate of drug-likeness (QED) is 0.0301. The number of ether oxygens (including phenoxy) is 4. The highest BCUT2D eigenvalue weighted by Gasteiger charge is 2.19. The number of unbranched alkanes of at least 4 members (excludes halogenated alkanes) is 14. The number of halogens is 2. The summed E-state index contributed by atoms with van der Waals surface area (Å²) < 4.78 is 52.0. The van der Waals surface area contributed by atoms with E-state index in [0.717, 1.165) is 54.3 Å². The molecule has 0 amide bonds. The molecule has 68 heavy (non-hydrogen) atoms. The van der Waals surface area contributed by atoms with Gasteiger partial charge in [-0.2, -0.15) is 0 Å². The van der Waals surface area contributed by atoms with Crippen molar-refractivity contribution >= 4 is 34.6 Å². The van der Waals surface area contributed by atoms with Gasteiger partial charge in [0.1, 0.15) is 11.5 Å². The average Bonchev–Trinajstić information content (AvgIpc) is 3.34. The number of carbonyl (C=O) groups excluding carboxylic acids is 4. The zero-order chi connectivity index (χ0) is 48.1. The summed E-state index contributed by atoms with van der Waals surface area (Å²) in [6.07, 6.45) is 21.6. The zero-order valence-electron chi connectivity index (χ0n) is 39.3. The molecule has 356 valence electrons. The molecule has 10 heteroatoms. The van der Waals surface area contributed by atoms with Crippen LogP contribution < -0.4 is 18.9 Å². The maximum atomic E-state index is 15.1. The van der Waals surface area contributed by atoms with Crippen LogP contribution in [0.1, 0.15) is 169 Å². The minimum atomic E-state index is -0.913.